The molecular formula is C63H40O2. The molecule has 0 bridgehead atoms. The molecule has 2 heterocycles. The minimum atomic E-state index is -0.0201. The Morgan fingerprint density at radius 1 is 0.277 bits per heavy atom. The van der Waals surface area contributed by atoms with Crippen molar-refractivity contribution in [3.05, 3.63) is 217 Å². The van der Waals surface area contributed by atoms with E-state index in [0.717, 1.165) is 49.4 Å². The fourth-order valence-corrected chi connectivity index (χ4v) is 11.3. The monoisotopic (exact) mass is 828 g/mol. The molecule has 0 fully saturated rings. The molecule has 0 N–H and O–H groups in total. The number of hydrogen-bond donors (Lipinski definition) is 0. The smallest absolute Gasteiger partial charge is 0.136 e. The molecule has 304 valence electrons. The van der Waals surface area contributed by atoms with E-state index in [1.54, 1.807) is 0 Å². The van der Waals surface area contributed by atoms with Gasteiger partial charge >= 0.3 is 0 Å². The van der Waals surface area contributed by atoms with Crippen molar-refractivity contribution in [1.29, 1.82) is 0 Å². The third-order valence-electron chi connectivity index (χ3n) is 14.5. The molecule has 65 heavy (non-hydrogen) atoms. The van der Waals surface area contributed by atoms with E-state index in [4.69, 9.17) is 8.83 Å². The van der Waals surface area contributed by atoms with Gasteiger partial charge in [0.2, 0.25) is 0 Å². The highest BCUT2D eigenvalue weighted by Gasteiger charge is 2.35. The topological polar surface area (TPSA) is 26.3 Å². The lowest BCUT2D eigenvalue weighted by atomic mass is 9.82. The molecule has 0 amide bonds. The standard InChI is InChI=1S/C63H40O2/c1-63(2)55-20-9-7-15-45(55)50-32-40(27-30-56(50)63)37-22-24-39(25-23-37)61-47-17-5-6-18-48(47)62(49-29-26-41(33-54(49)61)44-19-11-13-38-12-3-4-14-43(38)44)42-28-31-58-51(34-42)53-36-59-52(35-60(53)65-58)46-16-8-10-21-57(46)64-59/h3-36H,1-2H3. The zero-order chi connectivity index (χ0) is 43.0. The summed E-state index contributed by atoms with van der Waals surface area (Å²) >= 11 is 0. The molecule has 1 aliphatic carbocycles. The molecule has 11 aromatic carbocycles. The van der Waals surface area contributed by atoms with Crippen molar-refractivity contribution < 1.29 is 8.83 Å². The summed E-state index contributed by atoms with van der Waals surface area (Å²) in [6, 6.07) is 75.8. The minimum absolute atomic E-state index is 0.0201. The Morgan fingerprint density at radius 3 is 1.62 bits per heavy atom. The van der Waals surface area contributed by atoms with Crippen molar-refractivity contribution in [3.63, 3.8) is 0 Å². The van der Waals surface area contributed by atoms with Gasteiger partial charge in [0.25, 0.3) is 0 Å². The van der Waals surface area contributed by atoms with Gasteiger partial charge in [-0.1, -0.05) is 178 Å². The molecule has 1 aliphatic rings. The van der Waals surface area contributed by atoms with Gasteiger partial charge in [-0.3, -0.25) is 0 Å². The van der Waals surface area contributed by atoms with E-state index >= 15 is 0 Å². The van der Waals surface area contributed by atoms with Crippen molar-refractivity contribution >= 4 is 76.2 Å². The second-order valence-corrected chi connectivity index (χ2v) is 18.3. The molecule has 0 unspecified atom stereocenters. The van der Waals surface area contributed by atoms with Gasteiger partial charge in [0, 0.05) is 27.0 Å². The van der Waals surface area contributed by atoms with Crippen molar-refractivity contribution in [2.24, 2.45) is 0 Å². The molecule has 2 aromatic heterocycles. The first-order chi connectivity index (χ1) is 32.0. The van der Waals surface area contributed by atoms with E-state index in [0.29, 0.717) is 0 Å². The van der Waals surface area contributed by atoms with Crippen LogP contribution >= 0.6 is 0 Å². The van der Waals surface area contributed by atoms with E-state index in [1.165, 1.54) is 93.5 Å². The molecule has 13 aromatic rings. The molecule has 0 saturated carbocycles. The van der Waals surface area contributed by atoms with Crippen LogP contribution in [0.5, 0.6) is 0 Å². The first kappa shape index (κ1) is 36.3. The van der Waals surface area contributed by atoms with Crippen LogP contribution in [0.1, 0.15) is 25.0 Å². The molecule has 14 rings (SSSR count). The summed E-state index contributed by atoms with van der Waals surface area (Å²) in [5.41, 5.74) is 18.6. The van der Waals surface area contributed by atoms with Crippen molar-refractivity contribution in [1.82, 2.24) is 0 Å². The van der Waals surface area contributed by atoms with Crippen LogP contribution in [-0.2, 0) is 5.41 Å². The Labute approximate surface area is 375 Å². The normalized spacial score (nSPS) is 13.2. The molecule has 2 nitrogen and oxygen atoms in total. The maximum Gasteiger partial charge on any atom is 0.136 e. The fourth-order valence-electron chi connectivity index (χ4n) is 11.3. The zero-order valence-corrected chi connectivity index (χ0v) is 35.9. The summed E-state index contributed by atoms with van der Waals surface area (Å²) in [7, 11) is 0. The highest BCUT2D eigenvalue weighted by atomic mass is 16.3. The third kappa shape index (κ3) is 5.29. The number of fused-ring (bicyclic) bond motifs is 12. The van der Waals surface area contributed by atoms with Gasteiger partial charge in [0.1, 0.15) is 22.3 Å². The van der Waals surface area contributed by atoms with Crippen molar-refractivity contribution in [2.75, 3.05) is 0 Å². The van der Waals surface area contributed by atoms with Crippen LogP contribution in [0.4, 0.5) is 0 Å². The Hall–Kier alpha value is -8.20. The van der Waals surface area contributed by atoms with Gasteiger partial charge in [-0.25, -0.2) is 0 Å². The maximum atomic E-state index is 6.57. The van der Waals surface area contributed by atoms with Crippen LogP contribution in [-0.4, -0.2) is 0 Å². The summed E-state index contributed by atoms with van der Waals surface area (Å²) in [6.45, 7) is 4.68. The van der Waals surface area contributed by atoms with Crippen molar-refractivity contribution in [2.45, 2.75) is 19.3 Å². The number of benzene rings is 11. The van der Waals surface area contributed by atoms with Crippen molar-refractivity contribution in [3.8, 4) is 55.6 Å². The van der Waals surface area contributed by atoms with Crippen LogP contribution in [0.2, 0.25) is 0 Å². The summed E-state index contributed by atoms with van der Waals surface area (Å²) in [5, 5.41) is 11.6. The Kier molecular flexibility index (Phi) is 7.49. The number of para-hydroxylation sites is 1. The lowest BCUT2D eigenvalue weighted by molar-refractivity contribution is 0.660. The predicted molar refractivity (Wildman–Crippen MR) is 273 cm³/mol. The largest absolute Gasteiger partial charge is 0.456 e. The second kappa shape index (κ2) is 13.4. The molecular weight excluding hydrogens is 789 g/mol. The summed E-state index contributed by atoms with van der Waals surface area (Å²) in [6.07, 6.45) is 0. The summed E-state index contributed by atoms with van der Waals surface area (Å²) < 4.78 is 12.9. The van der Waals surface area contributed by atoms with Crippen LogP contribution in [0, 0.1) is 0 Å². The van der Waals surface area contributed by atoms with Crippen LogP contribution in [0.25, 0.3) is 132 Å². The Balaban J connectivity index is 0.982. The molecule has 0 spiro atoms. The highest BCUT2D eigenvalue weighted by Crippen LogP contribution is 2.51. The first-order valence-corrected chi connectivity index (χ1v) is 22.6. The van der Waals surface area contributed by atoms with Gasteiger partial charge in [0.15, 0.2) is 0 Å². The summed E-state index contributed by atoms with van der Waals surface area (Å²) in [5.74, 6) is 0. The van der Waals surface area contributed by atoms with Gasteiger partial charge in [-0.05, 0) is 142 Å². The lowest BCUT2D eigenvalue weighted by Gasteiger charge is -2.21. The number of furan rings is 2. The Bertz CT molecular complexity index is 4130. The Morgan fingerprint density at radius 2 is 0.800 bits per heavy atom. The molecule has 0 radical (unpaired) electrons. The average molecular weight is 829 g/mol. The first-order valence-electron chi connectivity index (χ1n) is 22.6. The second-order valence-electron chi connectivity index (χ2n) is 18.3. The lowest BCUT2D eigenvalue weighted by Crippen LogP contribution is -2.14. The SMILES string of the molecule is CC1(C)c2ccccc2-c2cc(-c3ccc(-c4c5ccccc5c(-c5ccc6oc7cc8c(cc7c6c5)oc5ccccc58)c5ccc(-c6cccc7ccccc67)cc45)cc3)ccc21. The van der Waals surface area contributed by atoms with Gasteiger partial charge < -0.3 is 8.83 Å². The average Bonchev–Trinajstić information content (AvgIpc) is 3.98. The number of hydrogen-bond acceptors (Lipinski definition) is 2. The summed E-state index contributed by atoms with van der Waals surface area (Å²) in [4.78, 5) is 0. The van der Waals surface area contributed by atoms with E-state index in [-0.39, 0.29) is 5.41 Å². The molecule has 2 heteroatoms. The third-order valence-corrected chi connectivity index (χ3v) is 14.5. The van der Waals surface area contributed by atoms with Gasteiger partial charge in [0.05, 0.1) is 0 Å². The van der Waals surface area contributed by atoms with Gasteiger partial charge in [-0.2, -0.15) is 0 Å². The van der Waals surface area contributed by atoms with E-state index in [9.17, 15) is 0 Å². The highest BCUT2D eigenvalue weighted by molar-refractivity contribution is 6.23. The van der Waals surface area contributed by atoms with E-state index in [1.807, 2.05) is 12.1 Å². The quantitative estimate of drug-likeness (QED) is 0.165. The number of rotatable bonds is 4. The zero-order valence-electron chi connectivity index (χ0n) is 35.9. The van der Waals surface area contributed by atoms with Crippen LogP contribution in [0.15, 0.2) is 215 Å². The molecule has 0 aliphatic heterocycles. The van der Waals surface area contributed by atoms with E-state index < -0.39 is 0 Å². The molecule has 0 atom stereocenters. The van der Waals surface area contributed by atoms with Crippen LogP contribution in [0.3, 0.4) is 0 Å². The fraction of sp³-hybridized carbons (Fsp3) is 0.0476. The molecule has 0 saturated heterocycles. The van der Waals surface area contributed by atoms with E-state index in [2.05, 4.69) is 208 Å². The maximum absolute atomic E-state index is 6.57. The minimum Gasteiger partial charge on any atom is -0.456 e. The van der Waals surface area contributed by atoms with Gasteiger partial charge in [-0.15, -0.1) is 0 Å². The van der Waals surface area contributed by atoms with Crippen LogP contribution < -0.4 is 0 Å². The predicted octanol–water partition coefficient (Wildman–Crippen LogP) is 17.9.